The summed E-state index contributed by atoms with van der Waals surface area (Å²) in [7, 11) is -3.99. The number of nitrogens with zero attached hydrogens (tertiary/aromatic N) is 1. The summed E-state index contributed by atoms with van der Waals surface area (Å²) in [6.07, 6.45) is 0.576. The van der Waals surface area contributed by atoms with Gasteiger partial charge in [-0.1, -0.05) is 20.3 Å². The molecule has 0 heterocycles. The maximum atomic E-state index is 12.4. The Morgan fingerprint density at radius 3 is 2.30 bits per heavy atom. The van der Waals surface area contributed by atoms with Crippen molar-refractivity contribution in [3.63, 3.8) is 0 Å². The second-order valence-electron chi connectivity index (χ2n) is 4.99. The zero-order chi connectivity index (χ0) is 17.6. The summed E-state index contributed by atoms with van der Waals surface area (Å²) >= 11 is 0. The van der Waals surface area contributed by atoms with Gasteiger partial charge >= 0.3 is 5.97 Å². The lowest BCUT2D eigenvalue weighted by atomic mass is 10.0. The summed E-state index contributed by atoms with van der Waals surface area (Å²) in [5.41, 5.74) is -0.215. The Kier molecular flexibility index (Phi) is 6.64. The molecule has 0 aliphatic heterocycles. The Hall–Kier alpha value is -2.00. The standard InChI is InChI=1S/C14H20N2O6S/c1-4-10(3)13(14(17)22-5-2)15-23(20,21)12-8-6-11(7-9-12)16(18)19/h6-10,13,15H,4-5H2,1-3H3/t10-,13-/m1/s1. The van der Waals surface area contributed by atoms with Gasteiger partial charge in [0.25, 0.3) is 5.69 Å². The molecule has 0 fully saturated rings. The molecule has 1 N–H and O–H groups in total. The summed E-state index contributed by atoms with van der Waals surface area (Å²) in [5.74, 6) is -0.908. The van der Waals surface area contributed by atoms with Gasteiger partial charge < -0.3 is 4.74 Å². The molecular weight excluding hydrogens is 324 g/mol. The highest BCUT2D eigenvalue weighted by atomic mass is 32.2. The van der Waals surface area contributed by atoms with E-state index in [2.05, 4.69) is 4.72 Å². The summed E-state index contributed by atoms with van der Waals surface area (Å²) < 4.78 is 32.0. The predicted octanol–water partition coefficient (Wildman–Crippen LogP) is 1.85. The molecule has 0 unspecified atom stereocenters. The molecule has 0 aromatic heterocycles. The third kappa shape index (κ3) is 5.00. The van der Waals surface area contributed by atoms with Crippen LogP contribution in [0.2, 0.25) is 0 Å². The van der Waals surface area contributed by atoms with Crippen molar-refractivity contribution in [2.24, 2.45) is 5.92 Å². The van der Waals surface area contributed by atoms with Crippen molar-refractivity contribution in [2.75, 3.05) is 6.61 Å². The fourth-order valence-corrected chi connectivity index (χ4v) is 3.14. The van der Waals surface area contributed by atoms with Gasteiger partial charge in [0.05, 0.1) is 16.4 Å². The van der Waals surface area contributed by atoms with E-state index in [1.165, 1.54) is 0 Å². The Balaban J connectivity index is 3.05. The molecule has 8 nitrogen and oxygen atoms in total. The number of ether oxygens (including phenoxy) is 1. The molecule has 0 bridgehead atoms. The van der Waals surface area contributed by atoms with Gasteiger partial charge in [-0.3, -0.25) is 14.9 Å². The zero-order valence-corrected chi connectivity index (χ0v) is 14.0. The van der Waals surface area contributed by atoms with Crippen LogP contribution < -0.4 is 4.72 Å². The van der Waals surface area contributed by atoms with Gasteiger partial charge in [-0.2, -0.15) is 4.72 Å². The average Bonchev–Trinajstić information content (AvgIpc) is 2.52. The number of hydrogen-bond donors (Lipinski definition) is 1. The first-order chi connectivity index (χ1) is 10.7. The van der Waals surface area contributed by atoms with Crippen molar-refractivity contribution in [2.45, 2.75) is 38.1 Å². The summed E-state index contributed by atoms with van der Waals surface area (Å²) in [6.45, 7) is 5.35. The van der Waals surface area contributed by atoms with E-state index in [1.54, 1.807) is 13.8 Å². The number of benzene rings is 1. The molecule has 1 aromatic carbocycles. The molecule has 128 valence electrons. The molecular formula is C14H20N2O6S. The molecule has 2 atom stereocenters. The van der Waals surface area contributed by atoms with E-state index in [0.29, 0.717) is 6.42 Å². The van der Waals surface area contributed by atoms with Crippen LogP contribution in [0, 0.1) is 16.0 Å². The van der Waals surface area contributed by atoms with E-state index >= 15 is 0 Å². The molecule has 0 aliphatic carbocycles. The molecule has 0 saturated heterocycles. The Morgan fingerprint density at radius 2 is 1.87 bits per heavy atom. The van der Waals surface area contributed by atoms with Gasteiger partial charge in [-0.05, 0) is 25.0 Å². The smallest absolute Gasteiger partial charge is 0.324 e. The number of carbonyl (C=O) groups excluding carboxylic acids is 1. The van der Waals surface area contributed by atoms with Crippen molar-refractivity contribution >= 4 is 21.7 Å². The minimum absolute atomic E-state index is 0.144. The summed E-state index contributed by atoms with van der Waals surface area (Å²) in [4.78, 5) is 21.8. The molecule has 0 aliphatic rings. The molecule has 23 heavy (non-hydrogen) atoms. The van der Waals surface area contributed by atoms with Gasteiger partial charge in [0.15, 0.2) is 0 Å². The lowest BCUT2D eigenvalue weighted by molar-refractivity contribution is -0.384. The lowest BCUT2D eigenvalue weighted by Gasteiger charge is -2.22. The Morgan fingerprint density at radius 1 is 1.30 bits per heavy atom. The predicted molar refractivity (Wildman–Crippen MR) is 83.3 cm³/mol. The summed E-state index contributed by atoms with van der Waals surface area (Å²) in [5, 5.41) is 10.6. The van der Waals surface area contributed by atoms with E-state index in [1.807, 2.05) is 6.92 Å². The first-order valence-electron chi connectivity index (χ1n) is 7.16. The van der Waals surface area contributed by atoms with E-state index in [9.17, 15) is 23.3 Å². The highest BCUT2D eigenvalue weighted by Crippen LogP contribution is 2.18. The molecule has 0 amide bonds. The first kappa shape index (κ1) is 19.0. The largest absolute Gasteiger partial charge is 0.465 e. The van der Waals surface area contributed by atoms with Crippen LogP contribution in [-0.2, 0) is 19.6 Å². The molecule has 9 heteroatoms. The van der Waals surface area contributed by atoms with Crippen LogP contribution >= 0.6 is 0 Å². The number of nitrogens with one attached hydrogen (secondary N) is 1. The maximum Gasteiger partial charge on any atom is 0.324 e. The van der Waals surface area contributed by atoms with Crippen molar-refractivity contribution < 1.29 is 22.9 Å². The van der Waals surface area contributed by atoms with Crippen LogP contribution in [-0.4, -0.2) is 32.0 Å². The van der Waals surface area contributed by atoms with Gasteiger partial charge in [0.1, 0.15) is 6.04 Å². The zero-order valence-electron chi connectivity index (χ0n) is 13.2. The van der Waals surface area contributed by atoms with Gasteiger partial charge in [0, 0.05) is 12.1 Å². The fourth-order valence-electron chi connectivity index (χ4n) is 1.85. The van der Waals surface area contributed by atoms with Crippen LogP contribution in [0.15, 0.2) is 29.2 Å². The topological polar surface area (TPSA) is 116 Å². The number of hydrogen-bond acceptors (Lipinski definition) is 6. The van der Waals surface area contributed by atoms with Crippen molar-refractivity contribution in [1.82, 2.24) is 4.72 Å². The second-order valence-corrected chi connectivity index (χ2v) is 6.70. The number of non-ortho nitro benzene ring substituents is 1. The SMILES string of the molecule is CCOC(=O)[C@H](NS(=O)(=O)c1ccc([N+](=O)[O-])cc1)[C@H](C)CC. The van der Waals surface area contributed by atoms with Gasteiger partial charge in [0.2, 0.25) is 10.0 Å². The Bertz CT molecular complexity index is 656. The van der Waals surface area contributed by atoms with Gasteiger partial charge in [-0.25, -0.2) is 8.42 Å². The number of nitro groups is 1. The van der Waals surface area contributed by atoms with Crippen LogP contribution in [0.4, 0.5) is 5.69 Å². The highest BCUT2D eigenvalue weighted by Gasteiger charge is 2.30. The van der Waals surface area contributed by atoms with Crippen LogP contribution in [0.25, 0.3) is 0 Å². The van der Waals surface area contributed by atoms with Crippen molar-refractivity contribution in [1.29, 1.82) is 0 Å². The van der Waals surface area contributed by atoms with Gasteiger partial charge in [-0.15, -0.1) is 0 Å². The van der Waals surface area contributed by atoms with E-state index < -0.39 is 27.0 Å². The fraction of sp³-hybridized carbons (Fsp3) is 0.500. The van der Waals surface area contributed by atoms with E-state index in [4.69, 9.17) is 4.74 Å². The quantitative estimate of drug-likeness (QED) is 0.437. The highest BCUT2D eigenvalue weighted by molar-refractivity contribution is 7.89. The molecule has 1 rings (SSSR count). The first-order valence-corrected chi connectivity index (χ1v) is 8.64. The number of esters is 1. The van der Waals surface area contributed by atoms with Crippen molar-refractivity contribution in [3.8, 4) is 0 Å². The number of carbonyl (C=O) groups is 1. The molecule has 0 spiro atoms. The summed E-state index contributed by atoms with van der Waals surface area (Å²) in [6, 6.07) is 3.42. The minimum Gasteiger partial charge on any atom is -0.465 e. The van der Waals surface area contributed by atoms with Crippen molar-refractivity contribution in [3.05, 3.63) is 34.4 Å². The molecule has 1 aromatic rings. The second kappa shape index (κ2) is 8.02. The van der Waals surface area contributed by atoms with E-state index in [-0.39, 0.29) is 23.1 Å². The molecule has 0 saturated carbocycles. The monoisotopic (exact) mass is 344 g/mol. The Labute approximate surface area is 135 Å². The van der Waals surface area contributed by atoms with E-state index in [0.717, 1.165) is 24.3 Å². The number of nitro benzene ring substituents is 1. The number of rotatable bonds is 8. The van der Waals surface area contributed by atoms with Crippen LogP contribution in [0.1, 0.15) is 27.2 Å². The van der Waals surface area contributed by atoms with Crippen LogP contribution in [0.5, 0.6) is 0 Å². The third-order valence-electron chi connectivity index (χ3n) is 3.39. The number of sulfonamides is 1. The van der Waals surface area contributed by atoms with Crippen LogP contribution in [0.3, 0.4) is 0 Å². The maximum absolute atomic E-state index is 12.4. The minimum atomic E-state index is -3.99. The molecule has 0 radical (unpaired) electrons. The lowest BCUT2D eigenvalue weighted by Crippen LogP contribution is -2.45. The normalized spacial score (nSPS) is 14.0. The third-order valence-corrected chi connectivity index (χ3v) is 4.85. The average molecular weight is 344 g/mol.